The lowest BCUT2D eigenvalue weighted by atomic mass is 10.1. The maximum atomic E-state index is 13.4. The van der Waals surface area contributed by atoms with Gasteiger partial charge in [0.2, 0.25) is 5.75 Å². The topological polar surface area (TPSA) is 88.1 Å². The highest BCUT2D eigenvalue weighted by Gasteiger charge is 2.14. The van der Waals surface area contributed by atoms with E-state index >= 15 is 0 Å². The Balaban J connectivity index is 1.47. The zero-order valence-corrected chi connectivity index (χ0v) is 21.8. The molecule has 0 aliphatic heterocycles. The average molecular weight is 543 g/mol. The van der Waals surface area contributed by atoms with E-state index in [4.69, 9.17) is 23.7 Å². The Morgan fingerprint density at radius 3 is 2.13 bits per heavy atom. The maximum absolute atomic E-state index is 13.4. The first-order valence-corrected chi connectivity index (χ1v) is 12.0. The number of thiazole rings is 1. The zero-order valence-electron chi connectivity index (χ0n) is 21.0. The van der Waals surface area contributed by atoms with Gasteiger partial charge >= 0.3 is 0 Å². The fourth-order valence-corrected chi connectivity index (χ4v) is 4.46. The van der Waals surface area contributed by atoms with Crippen LogP contribution in [0.2, 0.25) is 0 Å². The van der Waals surface area contributed by atoms with Crippen LogP contribution in [0.1, 0.15) is 11.1 Å². The normalized spacial score (nSPS) is 11.0. The van der Waals surface area contributed by atoms with E-state index in [1.807, 2.05) is 30.4 Å². The van der Waals surface area contributed by atoms with Crippen molar-refractivity contribution >= 4 is 44.7 Å². The summed E-state index contributed by atoms with van der Waals surface area (Å²) in [6.07, 6.45) is 3.72. The zero-order chi connectivity index (χ0) is 27.2. The number of benzene rings is 3. The standard InChI is InChI=1S/C27H24F2N2O6S/c1-33-20-8-7-15(5-6-16-10-22(34-2)26(36-4)23(11-16)35-3)9-21(20)37-14-25(32)31-27-30-19-12-17(28)18(29)13-24(19)38-27/h5-13H,14H2,1-4H3,(H,30,31,32). The molecule has 0 aliphatic rings. The van der Waals surface area contributed by atoms with Crippen molar-refractivity contribution in [1.82, 2.24) is 4.98 Å². The van der Waals surface area contributed by atoms with Gasteiger partial charge in [-0.1, -0.05) is 29.6 Å². The minimum Gasteiger partial charge on any atom is -0.493 e. The Hall–Kier alpha value is -4.38. The SMILES string of the molecule is COc1ccc(C=Cc2cc(OC)c(OC)c(OC)c2)cc1OCC(=O)Nc1nc2cc(F)c(F)cc2s1. The first kappa shape index (κ1) is 26.7. The van der Waals surface area contributed by atoms with Gasteiger partial charge < -0.3 is 23.7 Å². The predicted molar refractivity (Wildman–Crippen MR) is 142 cm³/mol. The Labute approximate surface area is 221 Å². The Morgan fingerprint density at radius 1 is 0.842 bits per heavy atom. The fourth-order valence-electron chi connectivity index (χ4n) is 3.58. The number of rotatable bonds is 10. The Bertz CT molecular complexity index is 1440. The molecule has 0 radical (unpaired) electrons. The highest BCUT2D eigenvalue weighted by molar-refractivity contribution is 7.22. The van der Waals surface area contributed by atoms with Gasteiger partial charge in [-0.25, -0.2) is 13.8 Å². The van der Waals surface area contributed by atoms with Gasteiger partial charge in [0.25, 0.3) is 5.91 Å². The largest absolute Gasteiger partial charge is 0.493 e. The van der Waals surface area contributed by atoms with E-state index in [0.717, 1.165) is 34.6 Å². The van der Waals surface area contributed by atoms with Gasteiger partial charge in [0.1, 0.15) is 0 Å². The maximum Gasteiger partial charge on any atom is 0.264 e. The average Bonchev–Trinajstić information content (AvgIpc) is 3.30. The lowest BCUT2D eigenvalue weighted by Crippen LogP contribution is -2.20. The summed E-state index contributed by atoms with van der Waals surface area (Å²) >= 11 is 1.03. The second kappa shape index (κ2) is 11.8. The molecule has 1 heterocycles. The number of nitrogens with zero attached hydrogens (tertiary/aromatic N) is 1. The van der Waals surface area contributed by atoms with E-state index in [2.05, 4.69) is 10.3 Å². The van der Waals surface area contributed by atoms with Gasteiger partial charge in [-0.3, -0.25) is 10.1 Å². The number of fused-ring (bicyclic) bond motifs is 1. The number of methoxy groups -OCH3 is 4. The van der Waals surface area contributed by atoms with Crippen LogP contribution in [0.15, 0.2) is 42.5 Å². The molecular weight excluding hydrogens is 518 g/mol. The van der Waals surface area contributed by atoms with Gasteiger partial charge in [-0.2, -0.15) is 0 Å². The van der Waals surface area contributed by atoms with E-state index in [9.17, 15) is 13.6 Å². The number of amides is 1. The number of hydrogen-bond donors (Lipinski definition) is 1. The van der Waals surface area contributed by atoms with Crippen LogP contribution in [-0.2, 0) is 4.79 Å². The van der Waals surface area contributed by atoms with E-state index in [1.54, 1.807) is 26.4 Å². The number of nitrogens with one attached hydrogen (secondary N) is 1. The molecule has 11 heteroatoms. The Morgan fingerprint density at radius 2 is 1.47 bits per heavy atom. The molecule has 0 spiro atoms. The van der Waals surface area contributed by atoms with Crippen molar-refractivity contribution in [2.45, 2.75) is 0 Å². The lowest BCUT2D eigenvalue weighted by Gasteiger charge is -2.13. The second-order valence-corrected chi connectivity index (χ2v) is 8.82. The number of anilines is 1. The van der Waals surface area contributed by atoms with Crippen LogP contribution in [0.4, 0.5) is 13.9 Å². The third kappa shape index (κ3) is 5.94. The smallest absolute Gasteiger partial charge is 0.264 e. The van der Waals surface area contributed by atoms with Crippen molar-refractivity contribution in [1.29, 1.82) is 0 Å². The molecule has 0 unspecified atom stereocenters. The summed E-state index contributed by atoms with van der Waals surface area (Å²) in [5.74, 6) is -0.138. The monoisotopic (exact) mass is 542 g/mol. The van der Waals surface area contributed by atoms with Crippen molar-refractivity contribution in [2.24, 2.45) is 0 Å². The molecule has 3 aromatic carbocycles. The lowest BCUT2D eigenvalue weighted by molar-refractivity contribution is -0.118. The van der Waals surface area contributed by atoms with Crippen molar-refractivity contribution in [3.8, 4) is 28.7 Å². The molecule has 0 bridgehead atoms. The number of carbonyl (C=O) groups is 1. The summed E-state index contributed by atoms with van der Waals surface area (Å²) in [4.78, 5) is 16.6. The molecule has 0 saturated carbocycles. The van der Waals surface area contributed by atoms with Crippen LogP contribution in [0.5, 0.6) is 28.7 Å². The van der Waals surface area contributed by atoms with Crippen molar-refractivity contribution < 1.29 is 37.3 Å². The number of aromatic nitrogens is 1. The minimum absolute atomic E-state index is 0.201. The van der Waals surface area contributed by atoms with Gasteiger partial charge in [0.05, 0.1) is 38.7 Å². The predicted octanol–water partition coefficient (Wildman–Crippen LogP) is 5.80. The number of ether oxygens (including phenoxy) is 5. The minimum atomic E-state index is -1.00. The third-order valence-electron chi connectivity index (χ3n) is 5.38. The highest BCUT2D eigenvalue weighted by Crippen LogP contribution is 2.39. The van der Waals surface area contributed by atoms with Crippen LogP contribution >= 0.6 is 11.3 Å². The fraction of sp³-hybridized carbons (Fsp3) is 0.185. The summed E-state index contributed by atoms with van der Waals surface area (Å²) < 4.78 is 54.5. The summed E-state index contributed by atoms with van der Waals surface area (Å²) in [7, 11) is 6.12. The summed E-state index contributed by atoms with van der Waals surface area (Å²) in [5.41, 5.74) is 1.84. The van der Waals surface area contributed by atoms with E-state index in [1.165, 1.54) is 14.2 Å². The number of hydrogen-bond acceptors (Lipinski definition) is 8. The van der Waals surface area contributed by atoms with Crippen LogP contribution in [-0.4, -0.2) is 45.9 Å². The molecule has 0 fully saturated rings. The second-order valence-electron chi connectivity index (χ2n) is 7.79. The first-order valence-electron chi connectivity index (χ1n) is 11.2. The molecule has 8 nitrogen and oxygen atoms in total. The van der Waals surface area contributed by atoms with Crippen LogP contribution in [0.3, 0.4) is 0 Å². The van der Waals surface area contributed by atoms with Crippen LogP contribution in [0, 0.1) is 11.6 Å². The van der Waals surface area contributed by atoms with Crippen LogP contribution in [0.25, 0.3) is 22.4 Å². The molecule has 38 heavy (non-hydrogen) atoms. The summed E-state index contributed by atoms with van der Waals surface area (Å²) in [5, 5.41) is 2.78. The van der Waals surface area contributed by atoms with Gasteiger partial charge in [0, 0.05) is 6.07 Å². The van der Waals surface area contributed by atoms with Crippen molar-refractivity contribution in [2.75, 3.05) is 40.4 Å². The molecule has 4 rings (SSSR count). The van der Waals surface area contributed by atoms with E-state index in [0.29, 0.717) is 33.4 Å². The van der Waals surface area contributed by atoms with Crippen molar-refractivity contribution in [3.05, 3.63) is 65.2 Å². The number of carbonyl (C=O) groups excluding carboxylic acids is 1. The van der Waals surface area contributed by atoms with E-state index < -0.39 is 17.5 Å². The molecule has 198 valence electrons. The van der Waals surface area contributed by atoms with Crippen molar-refractivity contribution in [3.63, 3.8) is 0 Å². The molecule has 0 saturated heterocycles. The number of halogens is 2. The molecule has 0 aliphatic carbocycles. The summed E-state index contributed by atoms with van der Waals surface area (Å²) in [6.45, 7) is -0.338. The summed E-state index contributed by atoms with van der Waals surface area (Å²) in [6, 6.07) is 10.9. The van der Waals surface area contributed by atoms with E-state index in [-0.39, 0.29) is 17.3 Å². The van der Waals surface area contributed by atoms with Gasteiger partial charge in [-0.05, 0) is 41.5 Å². The highest BCUT2D eigenvalue weighted by atomic mass is 32.1. The first-order chi connectivity index (χ1) is 18.3. The molecule has 4 aromatic rings. The Kier molecular flexibility index (Phi) is 8.27. The van der Waals surface area contributed by atoms with Gasteiger partial charge in [0.15, 0.2) is 46.4 Å². The van der Waals surface area contributed by atoms with Crippen LogP contribution < -0.4 is 29.0 Å². The molecule has 1 amide bonds. The molecule has 1 N–H and O–H groups in total. The molecule has 1 aromatic heterocycles. The van der Waals surface area contributed by atoms with Gasteiger partial charge in [-0.15, -0.1) is 0 Å². The molecular formula is C27H24F2N2O6S. The molecule has 0 atom stereocenters. The third-order valence-corrected chi connectivity index (χ3v) is 6.31. The quantitative estimate of drug-likeness (QED) is 0.254.